The monoisotopic (exact) mass is 494 g/mol. The molecule has 5 aromatic rings. The van der Waals surface area contributed by atoms with Crippen molar-refractivity contribution >= 4 is 17.1 Å². The van der Waals surface area contributed by atoms with Crippen LogP contribution in [0.4, 0.5) is 0 Å². The summed E-state index contributed by atoms with van der Waals surface area (Å²) >= 11 is 0. The summed E-state index contributed by atoms with van der Waals surface area (Å²) < 4.78 is 8.38. The predicted octanol–water partition coefficient (Wildman–Crippen LogP) is 4.38. The Morgan fingerprint density at radius 2 is 1.92 bits per heavy atom. The van der Waals surface area contributed by atoms with Crippen LogP contribution in [0.1, 0.15) is 53.0 Å². The molecule has 0 unspecified atom stereocenters. The van der Waals surface area contributed by atoms with Crippen molar-refractivity contribution in [2.45, 2.75) is 39.2 Å². The van der Waals surface area contributed by atoms with Gasteiger partial charge in [-0.25, -0.2) is 24.2 Å². The molecule has 9 nitrogen and oxygen atoms in total. The van der Waals surface area contributed by atoms with Gasteiger partial charge in [-0.3, -0.25) is 4.57 Å². The van der Waals surface area contributed by atoms with Gasteiger partial charge in [0.25, 0.3) is 0 Å². The van der Waals surface area contributed by atoms with Crippen LogP contribution in [-0.2, 0) is 11.3 Å². The summed E-state index contributed by atoms with van der Waals surface area (Å²) in [6.45, 7) is 4.30. The van der Waals surface area contributed by atoms with Crippen LogP contribution in [-0.4, -0.2) is 41.9 Å². The molecular weight excluding hydrogens is 468 g/mol. The molecule has 1 saturated carbocycles. The first-order valence-electron chi connectivity index (χ1n) is 12.4. The number of carbonyl (C=O) groups excluding carboxylic acids is 1. The zero-order valence-corrected chi connectivity index (χ0v) is 20.6. The van der Waals surface area contributed by atoms with Gasteiger partial charge in [0.2, 0.25) is 0 Å². The molecule has 1 aliphatic carbocycles. The lowest BCUT2D eigenvalue weighted by atomic mass is 10.0. The molecule has 2 aromatic carbocycles. The highest BCUT2D eigenvalue weighted by Gasteiger charge is 2.27. The van der Waals surface area contributed by atoms with Crippen LogP contribution in [0.25, 0.3) is 28.2 Å². The molecule has 0 bridgehead atoms. The summed E-state index contributed by atoms with van der Waals surface area (Å²) in [5.74, 6) is 0.750. The van der Waals surface area contributed by atoms with Gasteiger partial charge in [0.15, 0.2) is 17.2 Å². The van der Waals surface area contributed by atoms with Crippen LogP contribution < -0.4 is 5.69 Å². The fourth-order valence-electron chi connectivity index (χ4n) is 4.64. The summed E-state index contributed by atoms with van der Waals surface area (Å²) in [5.41, 5.74) is 6.06. The van der Waals surface area contributed by atoms with Crippen molar-refractivity contribution < 1.29 is 9.53 Å². The molecule has 1 fully saturated rings. The minimum absolute atomic E-state index is 0.233. The highest BCUT2D eigenvalue weighted by Crippen LogP contribution is 2.43. The maximum Gasteiger partial charge on any atom is 0.358 e. The van der Waals surface area contributed by atoms with Gasteiger partial charge < -0.3 is 9.72 Å². The minimum Gasteiger partial charge on any atom is -0.461 e. The first-order chi connectivity index (χ1) is 18.0. The number of aromatic nitrogens is 6. The van der Waals surface area contributed by atoms with Crippen LogP contribution in [0.15, 0.2) is 65.6 Å². The van der Waals surface area contributed by atoms with Gasteiger partial charge in [0.1, 0.15) is 5.52 Å². The number of rotatable bonds is 7. The van der Waals surface area contributed by atoms with E-state index < -0.39 is 5.97 Å². The lowest BCUT2D eigenvalue weighted by Gasteiger charge is -2.09. The van der Waals surface area contributed by atoms with E-state index in [-0.39, 0.29) is 11.4 Å². The second kappa shape index (κ2) is 9.16. The van der Waals surface area contributed by atoms with Gasteiger partial charge in [0.05, 0.1) is 25.0 Å². The number of fused-ring (bicyclic) bond motifs is 1. The zero-order chi connectivity index (χ0) is 25.5. The number of nitrogens with zero attached hydrogens (tertiary/aromatic N) is 5. The molecule has 0 atom stereocenters. The van der Waals surface area contributed by atoms with Crippen molar-refractivity contribution in [3.63, 3.8) is 0 Å². The summed E-state index contributed by atoms with van der Waals surface area (Å²) in [6.07, 6.45) is 4.06. The topological polar surface area (TPSA) is 108 Å². The Bertz CT molecular complexity index is 1670. The van der Waals surface area contributed by atoms with E-state index in [9.17, 15) is 9.59 Å². The molecule has 0 radical (unpaired) electrons. The SMILES string of the molecule is CCOC(=O)c1cc(C)n(-c2ccc(Cn3c(=O)[nH]c4cnc(-c5ccccc5C5CC5)nc43)cc2)n1. The number of aryl methyl sites for hydroxylation is 1. The molecule has 3 heterocycles. The Morgan fingerprint density at radius 1 is 1.14 bits per heavy atom. The quantitative estimate of drug-likeness (QED) is 0.337. The van der Waals surface area contributed by atoms with Crippen LogP contribution in [0.3, 0.4) is 0 Å². The third kappa shape index (κ3) is 4.33. The van der Waals surface area contributed by atoms with Gasteiger partial charge in [-0.1, -0.05) is 36.4 Å². The van der Waals surface area contributed by atoms with Crippen LogP contribution in [0.2, 0.25) is 0 Å². The number of imidazole rings is 1. The van der Waals surface area contributed by atoms with Gasteiger partial charge in [-0.2, -0.15) is 5.10 Å². The van der Waals surface area contributed by atoms with Crippen LogP contribution >= 0.6 is 0 Å². The number of aromatic amines is 1. The van der Waals surface area contributed by atoms with Gasteiger partial charge in [-0.05, 0) is 61.9 Å². The lowest BCUT2D eigenvalue weighted by molar-refractivity contribution is 0.0519. The smallest absolute Gasteiger partial charge is 0.358 e. The summed E-state index contributed by atoms with van der Waals surface area (Å²) in [7, 11) is 0. The maximum atomic E-state index is 12.8. The molecule has 0 spiro atoms. The lowest BCUT2D eigenvalue weighted by Crippen LogP contribution is -2.18. The van der Waals surface area contributed by atoms with Crippen LogP contribution in [0.5, 0.6) is 0 Å². The molecule has 37 heavy (non-hydrogen) atoms. The maximum absolute atomic E-state index is 12.8. The second-order valence-corrected chi connectivity index (χ2v) is 9.28. The van der Waals surface area contributed by atoms with Gasteiger partial charge in [-0.15, -0.1) is 0 Å². The highest BCUT2D eigenvalue weighted by molar-refractivity contribution is 5.87. The third-order valence-electron chi connectivity index (χ3n) is 6.62. The number of nitrogens with one attached hydrogen (secondary N) is 1. The summed E-state index contributed by atoms with van der Waals surface area (Å²) in [6, 6.07) is 17.7. The molecule has 6 rings (SSSR count). The first-order valence-corrected chi connectivity index (χ1v) is 12.4. The third-order valence-corrected chi connectivity index (χ3v) is 6.62. The predicted molar refractivity (Wildman–Crippen MR) is 139 cm³/mol. The highest BCUT2D eigenvalue weighted by atomic mass is 16.5. The molecule has 0 aliphatic heterocycles. The van der Waals surface area contributed by atoms with E-state index in [1.165, 1.54) is 18.4 Å². The zero-order valence-electron chi connectivity index (χ0n) is 20.6. The average Bonchev–Trinajstić information content (AvgIpc) is 3.62. The Labute approximate surface area is 212 Å². The average molecular weight is 495 g/mol. The number of hydrogen-bond donors (Lipinski definition) is 1. The molecular formula is C28H26N6O3. The van der Waals surface area contributed by atoms with Crippen LogP contribution in [0, 0.1) is 6.92 Å². The van der Waals surface area contributed by atoms with E-state index in [0.29, 0.717) is 36.1 Å². The van der Waals surface area contributed by atoms with E-state index in [1.807, 2.05) is 49.4 Å². The fraction of sp³-hybridized carbons (Fsp3) is 0.250. The number of benzene rings is 2. The minimum atomic E-state index is -0.444. The van der Waals surface area contributed by atoms with E-state index in [1.54, 1.807) is 28.4 Å². The molecule has 0 amide bonds. The first kappa shape index (κ1) is 22.9. The van der Waals surface area contributed by atoms with Crippen molar-refractivity contribution in [2.24, 2.45) is 0 Å². The molecule has 1 aliphatic rings. The number of carbonyl (C=O) groups is 1. The van der Waals surface area contributed by atoms with Crippen molar-refractivity contribution in [2.75, 3.05) is 6.61 Å². The van der Waals surface area contributed by atoms with Crippen molar-refractivity contribution in [3.8, 4) is 17.1 Å². The van der Waals surface area contributed by atoms with Crippen molar-refractivity contribution in [1.29, 1.82) is 0 Å². The van der Waals surface area contributed by atoms with E-state index in [4.69, 9.17) is 9.72 Å². The Kier molecular flexibility index (Phi) is 5.67. The molecule has 1 N–H and O–H groups in total. The summed E-state index contributed by atoms with van der Waals surface area (Å²) in [5, 5.41) is 4.39. The normalized spacial score (nSPS) is 13.2. The Balaban J connectivity index is 1.30. The Hall–Kier alpha value is -4.53. The van der Waals surface area contributed by atoms with E-state index >= 15 is 0 Å². The molecule has 3 aromatic heterocycles. The van der Waals surface area contributed by atoms with Crippen molar-refractivity contribution in [1.82, 2.24) is 29.3 Å². The number of ether oxygens (including phenoxy) is 1. The molecule has 0 saturated heterocycles. The van der Waals surface area contributed by atoms with Crippen molar-refractivity contribution in [3.05, 3.63) is 93.8 Å². The standard InChI is InChI=1S/C28H26N6O3/c1-3-37-27(35)23-14-17(2)34(32-23)20-12-8-18(9-13-20)16-33-26-24(30-28(33)36)15-29-25(31-26)22-7-5-4-6-21(22)19-10-11-19/h4-9,12-15,19H,3,10-11,16H2,1-2H3,(H,30,36). The second-order valence-electron chi connectivity index (χ2n) is 9.28. The van der Waals surface area contributed by atoms with E-state index in [0.717, 1.165) is 22.5 Å². The number of esters is 1. The van der Waals surface area contributed by atoms with Gasteiger partial charge >= 0.3 is 11.7 Å². The molecule has 186 valence electrons. The van der Waals surface area contributed by atoms with Gasteiger partial charge in [0, 0.05) is 11.3 Å². The largest absolute Gasteiger partial charge is 0.461 e. The Morgan fingerprint density at radius 3 is 2.68 bits per heavy atom. The number of hydrogen-bond acceptors (Lipinski definition) is 6. The van der Waals surface area contributed by atoms with E-state index in [2.05, 4.69) is 21.1 Å². The molecule has 9 heteroatoms. The number of H-pyrrole nitrogens is 1. The fourth-order valence-corrected chi connectivity index (χ4v) is 4.64. The summed E-state index contributed by atoms with van der Waals surface area (Å²) in [4.78, 5) is 37.1.